The van der Waals surface area contributed by atoms with Gasteiger partial charge in [0.25, 0.3) is 11.8 Å². The number of nitrogens with one attached hydrogen (secondary N) is 2. The summed E-state index contributed by atoms with van der Waals surface area (Å²) in [7, 11) is 0. The summed E-state index contributed by atoms with van der Waals surface area (Å²) < 4.78 is 27.9. The highest BCUT2D eigenvalue weighted by atomic mass is 19.1. The first kappa shape index (κ1) is 31.7. The van der Waals surface area contributed by atoms with Gasteiger partial charge < -0.3 is 20.6 Å². The summed E-state index contributed by atoms with van der Waals surface area (Å²) in [5, 5.41) is 17.5. The van der Waals surface area contributed by atoms with E-state index in [9.17, 15) is 23.5 Å². The van der Waals surface area contributed by atoms with E-state index in [1.807, 2.05) is 20.8 Å². The normalized spacial score (nSPS) is 18.7. The lowest BCUT2D eigenvalue weighted by molar-refractivity contribution is 0.0755. The average molecular weight is 558 g/mol. The van der Waals surface area contributed by atoms with E-state index < -0.39 is 29.7 Å². The summed E-state index contributed by atoms with van der Waals surface area (Å²) in [6, 6.07) is 7.73. The number of aliphatic hydroxyl groups excluding tert-OH is 1. The molecule has 0 aliphatic heterocycles. The van der Waals surface area contributed by atoms with Gasteiger partial charge in [-0.2, -0.15) is 0 Å². The number of carbonyl (C=O) groups is 2. The number of aryl methyl sites for hydroxylation is 1. The number of amides is 2. The Hall–Kier alpha value is -2.84. The molecule has 8 heteroatoms. The first-order chi connectivity index (χ1) is 19.1. The lowest BCUT2D eigenvalue weighted by atomic mass is 9.86. The van der Waals surface area contributed by atoms with Crippen LogP contribution in [0.4, 0.5) is 8.78 Å². The molecular formula is C32H45F2N3O3. The lowest BCUT2D eigenvalue weighted by Gasteiger charge is -2.32. The predicted molar refractivity (Wildman–Crippen MR) is 154 cm³/mol. The largest absolute Gasteiger partial charge is 0.390 e. The van der Waals surface area contributed by atoms with Crippen LogP contribution in [0, 0.1) is 24.5 Å². The summed E-state index contributed by atoms with van der Waals surface area (Å²) in [5.74, 6) is -1.53. The molecule has 40 heavy (non-hydrogen) atoms. The minimum atomic E-state index is -1.00. The van der Waals surface area contributed by atoms with Crippen molar-refractivity contribution in [2.45, 2.75) is 90.8 Å². The van der Waals surface area contributed by atoms with Crippen molar-refractivity contribution in [3.05, 3.63) is 70.3 Å². The molecule has 0 heterocycles. The fourth-order valence-electron chi connectivity index (χ4n) is 5.63. The van der Waals surface area contributed by atoms with E-state index in [0.29, 0.717) is 35.7 Å². The quantitative estimate of drug-likeness (QED) is 0.308. The highest BCUT2D eigenvalue weighted by molar-refractivity contribution is 6.00. The molecule has 220 valence electrons. The van der Waals surface area contributed by atoms with Crippen LogP contribution in [0.5, 0.6) is 0 Å². The molecule has 2 unspecified atom stereocenters. The van der Waals surface area contributed by atoms with Crippen molar-refractivity contribution in [2.75, 3.05) is 19.6 Å². The zero-order valence-corrected chi connectivity index (χ0v) is 24.3. The van der Waals surface area contributed by atoms with E-state index in [1.54, 1.807) is 23.1 Å². The third-order valence-electron chi connectivity index (χ3n) is 7.72. The molecule has 0 bridgehead atoms. The number of hydrogen-bond donors (Lipinski definition) is 3. The van der Waals surface area contributed by atoms with Crippen LogP contribution in [-0.2, 0) is 6.42 Å². The average Bonchev–Trinajstić information content (AvgIpc) is 2.90. The maximum atomic E-state index is 13.9. The van der Waals surface area contributed by atoms with Gasteiger partial charge in [0.15, 0.2) is 0 Å². The number of benzene rings is 2. The van der Waals surface area contributed by atoms with Crippen LogP contribution in [0.1, 0.15) is 91.1 Å². The number of aliphatic hydroxyl groups is 1. The van der Waals surface area contributed by atoms with Gasteiger partial charge in [-0.1, -0.05) is 33.6 Å². The second-order valence-corrected chi connectivity index (χ2v) is 11.3. The molecule has 0 spiro atoms. The van der Waals surface area contributed by atoms with Crippen LogP contribution in [0.15, 0.2) is 36.4 Å². The van der Waals surface area contributed by atoms with Gasteiger partial charge >= 0.3 is 0 Å². The molecule has 1 aliphatic rings. The molecular weight excluding hydrogens is 512 g/mol. The smallest absolute Gasteiger partial charge is 0.253 e. The van der Waals surface area contributed by atoms with Gasteiger partial charge in [0.2, 0.25) is 0 Å². The molecule has 2 amide bonds. The van der Waals surface area contributed by atoms with Crippen molar-refractivity contribution >= 4 is 11.8 Å². The molecule has 4 atom stereocenters. The molecule has 1 saturated carbocycles. The fraction of sp³-hybridized carbons (Fsp3) is 0.562. The SMILES string of the molecule is CCCN(CCC)C(=O)c1cc(C)cc(C(=O)N[C@@H](Cc2cc(F)cc(F)c2)[C@H](O)CNC2CCCCC2C)c1. The third kappa shape index (κ3) is 9.10. The molecule has 3 rings (SSSR count). The van der Waals surface area contributed by atoms with Crippen molar-refractivity contribution in [1.29, 1.82) is 0 Å². The Morgan fingerprint density at radius 2 is 1.60 bits per heavy atom. The van der Waals surface area contributed by atoms with Gasteiger partial charge in [-0.3, -0.25) is 9.59 Å². The van der Waals surface area contributed by atoms with Crippen LogP contribution >= 0.6 is 0 Å². The van der Waals surface area contributed by atoms with E-state index in [0.717, 1.165) is 43.7 Å². The number of hydrogen-bond acceptors (Lipinski definition) is 4. The second kappa shape index (κ2) is 15.2. The molecule has 2 aromatic rings. The van der Waals surface area contributed by atoms with Gasteiger partial charge in [0, 0.05) is 42.9 Å². The number of carbonyl (C=O) groups excluding carboxylic acids is 2. The summed E-state index contributed by atoms with van der Waals surface area (Å²) in [6.45, 7) is 9.56. The van der Waals surface area contributed by atoms with E-state index in [2.05, 4.69) is 17.6 Å². The molecule has 0 saturated heterocycles. The van der Waals surface area contributed by atoms with Crippen molar-refractivity contribution in [3.8, 4) is 0 Å². The van der Waals surface area contributed by atoms with Crippen LogP contribution in [0.25, 0.3) is 0 Å². The summed E-state index contributed by atoms with van der Waals surface area (Å²) >= 11 is 0. The summed E-state index contributed by atoms with van der Waals surface area (Å²) in [6.07, 6.45) is 5.18. The molecule has 1 aliphatic carbocycles. The molecule has 6 nitrogen and oxygen atoms in total. The number of halogens is 2. The Morgan fingerprint density at radius 3 is 2.23 bits per heavy atom. The Kier molecular flexibility index (Phi) is 12.1. The van der Waals surface area contributed by atoms with Crippen LogP contribution in [0.3, 0.4) is 0 Å². The van der Waals surface area contributed by atoms with Crippen LogP contribution in [0.2, 0.25) is 0 Å². The Bertz CT molecular complexity index is 1120. The fourth-order valence-corrected chi connectivity index (χ4v) is 5.63. The number of rotatable bonds is 13. The minimum Gasteiger partial charge on any atom is -0.390 e. The first-order valence-corrected chi connectivity index (χ1v) is 14.7. The lowest BCUT2D eigenvalue weighted by Crippen LogP contribution is -2.51. The Balaban J connectivity index is 1.81. The van der Waals surface area contributed by atoms with Gasteiger partial charge in [0.05, 0.1) is 12.1 Å². The van der Waals surface area contributed by atoms with Crippen LogP contribution in [-0.4, -0.2) is 59.6 Å². The van der Waals surface area contributed by atoms with Gasteiger partial charge in [-0.05, 0) is 86.4 Å². The zero-order valence-electron chi connectivity index (χ0n) is 24.3. The standard InChI is InChI=1S/C32H45F2N3O3/c1-5-11-37(12-6-2)32(40)25-14-21(3)13-24(18-25)31(39)36-29(17-23-15-26(33)19-27(34)16-23)30(38)20-35-28-10-8-7-9-22(28)4/h13-16,18-19,22,28-30,35,38H,5-12,17,20H2,1-4H3,(H,36,39)/t22?,28?,29-,30+/m0/s1. The monoisotopic (exact) mass is 557 g/mol. The topological polar surface area (TPSA) is 81.7 Å². The maximum absolute atomic E-state index is 13.9. The molecule has 3 N–H and O–H groups in total. The Morgan fingerprint density at radius 1 is 0.975 bits per heavy atom. The van der Waals surface area contributed by atoms with Gasteiger partial charge in [-0.15, -0.1) is 0 Å². The molecule has 1 fully saturated rings. The second-order valence-electron chi connectivity index (χ2n) is 11.3. The van der Waals surface area contributed by atoms with E-state index in [-0.39, 0.29) is 24.9 Å². The van der Waals surface area contributed by atoms with Crippen LogP contribution < -0.4 is 10.6 Å². The van der Waals surface area contributed by atoms with Crippen molar-refractivity contribution in [1.82, 2.24) is 15.5 Å². The minimum absolute atomic E-state index is 0.0435. The predicted octanol–water partition coefficient (Wildman–Crippen LogP) is 5.41. The molecule has 0 radical (unpaired) electrons. The van der Waals surface area contributed by atoms with E-state index in [4.69, 9.17) is 0 Å². The first-order valence-electron chi connectivity index (χ1n) is 14.7. The van der Waals surface area contributed by atoms with Gasteiger partial charge in [0.1, 0.15) is 11.6 Å². The third-order valence-corrected chi connectivity index (χ3v) is 7.72. The molecule has 0 aromatic heterocycles. The van der Waals surface area contributed by atoms with E-state index in [1.165, 1.54) is 18.6 Å². The number of nitrogens with zero attached hydrogens (tertiary/aromatic N) is 1. The van der Waals surface area contributed by atoms with Gasteiger partial charge in [-0.25, -0.2) is 8.78 Å². The van der Waals surface area contributed by atoms with Crippen molar-refractivity contribution in [2.24, 2.45) is 5.92 Å². The summed E-state index contributed by atoms with van der Waals surface area (Å²) in [4.78, 5) is 28.5. The van der Waals surface area contributed by atoms with E-state index >= 15 is 0 Å². The highest BCUT2D eigenvalue weighted by Crippen LogP contribution is 2.24. The maximum Gasteiger partial charge on any atom is 0.253 e. The van der Waals surface area contributed by atoms with Crippen molar-refractivity contribution < 1.29 is 23.5 Å². The summed E-state index contributed by atoms with van der Waals surface area (Å²) in [5.41, 5.74) is 1.83. The highest BCUT2D eigenvalue weighted by Gasteiger charge is 2.27. The van der Waals surface area contributed by atoms with Crippen molar-refractivity contribution in [3.63, 3.8) is 0 Å². The zero-order chi connectivity index (χ0) is 29.2. The molecule has 2 aromatic carbocycles. The Labute approximate surface area is 237 Å².